The minimum Gasteiger partial charge on any atom is -0.394 e. The lowest BCUT2D eigenvalue weighted by Gasteiger charge is -2.21. The third-order valence-corrected chi connectivity index (χ3v) is 4.50. The first kappa shape index (κ1) is 13.3. The highest BCUT2D eigenvalue weighted by Crippen LogP contribution is 2.26. The number of hydrogen-bond acceptors (Lipinski definition) is 4. The predicted molar refractivity (Wildman–Crippen MR) is 71.6 cm³/mol. The molecule has 1 aromatic rings. The molecule has 0 aliphatic heterocycles. The standard InChI is InChI=1S/C12H19ClN2OS/c13-11-7-14-12(17-11)10(8-16)15-9-5-3-1-2-4-6-9/h7,9-10,15-16H,1-6,8H2. The van der Waals surface area contributed by atoms with E-state index in [0.717, 1.165) is 5.01 Å². The molecule has 5 heteroatoms. The minimum absolute atomic E-state index is 0.0596. The van der Waals surface area contributed by atoms with E-state index in [-0.39, 0.29) is 12.6 Å². The van der Waals surface area contributed by atoms with E-state index in [1.807, 2.05) is 0 Å². The maximum Gasteiger partial charge on any atom is 0.113 e. The van der Waals surface area contributed by atoms with Crippen molar-refractivity contribution >= 4 is 22.9 Å². The van der Waals surface area contributed by atoms with Gasteiger partial charge in [-0.15, -0.1) is 11.3 Å². The van der Waals surface area contributed by atoms with Crippen molar-refractivity contribution in [3.8, 4) is 0 Å². The van der Waals surface area contributed by atoms with Gasteiger partial charge in [0.05, 0.1) is 18.8 Å². The number of aromatic nitrogens is 1. The summed E-state index contributed by atoms with van der Waals surface area (Å²) < 4.78 is 0.682. The predicted octanol–water partition coefficient (Wildman–Crippen LogP) is 3.14. The lowest BCUT2D eigenvalue weighted by Crippen LogP contribution is -2.34. The zero-order chi connectivity index (χ0) is 12.1. The number of nitrogens with one attached hydrogen (secondary N) is 1. The van der Waals surface area contributed by atoms with Gasteiger partial charge in [0.25, 0.3) is 0 Å². The summed E-state index contributed by atoms with van der Waals surface area (Å²) in [5.74, 6) is 0. The molecule has 1 fully saturated rings. The smallest absolute Gasteiger partial charge is 0.113 e. The number of halogens is 1. The van der Waals surface area contributed by atoms with Crippen LogP contribution in [0, 0.1) is 0 Å². The molecule has 2 N–H and O–H groups in total. The second-order valence-electron chi connectivity index (χ2n) is 4.59. The van der Waals surface area contributed by atoms with Crippen LogP contribution in [0.4, 0.5) is 0 Å². The average Bonchev–Trinajstić information content (AvgIpc) is 2.62. The Bertz CT molecular complexity index is 337. The van der Waals surface area contributed by atoms with Crippen molar-refractivity contribution in [3.05, 3.63) is 15.5 Å². The van der Waals surface area contributed by atoms with Crippen molar-refractivity contribution in [2.45, 2.75) is 50.6 Å². The van der Waals surface area contributed by atoms with Crippen LogP contribution in [0.3, 0.4) is 0 Å². The number of rotatable bonds is 4. The van der Waals surface area contributed by atoms with Gasteiger partial charge in [-0.25, -0.2) is 4.98 Å². The zero-order valence-electron chi connectivity index (χ0n) is 9.86. The van der Waals surface area contributed by atoms with Crippen molar-refractivity contribution in [2.75, 3.05) is 6.61 Å². The Morgan fingerprint density at radius 1 is 1.41 bits per heavy atom. The van der Waals surface area contributed by atoms with E-state index in [1.165, 1.54) is 49.9 Å². The number of nitrogens with zero attached hydrogens (tertiary/aromatic N) is 1. The fraction of sp³-hybridized carbons (Fsp3) is 0.750. The Hall–Kier alpha value is -0.160. The third-order valence-electron chi connectivity index (χ3n) is 3.27. The molecule has 1 unspecified atom stereocenters. The highest BCUT2D eigenvalue weighted by molar-refractivity contribution is 7.15. The van der Waals surface area contributed by atoms with Gasteiger partial charge in [-0.05, 0) is 12.8 Å². The van der Waals surface area contributed by atoms with Crippen molar-refractivity contribution < 1.29 is 5.11 Å². The number of thiazole rings is 1. The molecule has 0 aromatic carbocycles. The molecule has 1 aliphatic rings. The zero-order valence-corrected chi connectivity index (χ0v) is 11.4. The topological polar surface area (TPSA) is 45.1 Å². The molecule has 1 saturated carbocycles. The van der Waals surface area contributed by atoms with Gasteiger partial charge < -0.3 is 10.4 Å². The third kappa shape index (κ3) is 3.91. The van der Waals surface area contributed by atoms with E-state index in [4.69, 9.17) is 11.6 Å². The van der Waals surface area contributed by atoms with E-state index in [1.54, 1.807) is 6.20 Å². The van der Waals surface area contributed by atoms with Gasteiger partial charge in [0.15, 0.2) is 0 Å². The van der Waals surface area contributed by atoms with Gasteiger partial charge in [-0.3, -0.25) is 0 Å². The Labute approximate surface area is 111 Å². The normalized spacial score (nSPS) is 20.1. The number of aliphatic hydroxyl groups excluding tert-OH is 1. The Morgan fingerprint density at radius 3 is 2.65 bits per heavy atom. The lowest BCUT2D eigenvalue weighted by molar-refractivity contribution is 0.228. The molecule has 1 atom stereocenters. The Balaban J connectivity index is 1.94. The van der Waals surface area contributed by atoms with Gasteiger partial charge in [-0.2, -0.15) is 0 Å². The molecule has 0 spiro atoms. The largest absolute Gasteiger partial charge is 0.394 e. The molecule has 0 saturated heterocycles. The van der Waals surface area contributed by atoms with Gasteiger partial charge in [-0.1, -0.05) is 37.3 Å². The fourth-order valence-electron chi connectivity index (χ4n) is 2.36. The maximum absolute atomic E-state index is 9.45. The minimum atomic E-state index is -0.0596. The van der Waals surface area contributed by atoms with Crippen LogP contribution in [0.5, 0.6) is 0 Å². The molecule has 17 heavy (non-hydrogen) atoms. The van der Waals surface area contributed by atoms with E-state index in [9.17, 15) is 5.11 Å². The fourth-order valence-corrected chi connectivity index (χ4v) is 3.34. The summed E-state index contributed by atoms with van der Waals surface area (Å²) in [6.07, 6.45) is 9.31. The average molecular weight is 275 g/mol. The molecule has 3 nitrogen and oxygen atoms in total. The molecular formula is C12H19ClN2OS. The van der Waals surface area contributed by atoms with Crippen molar-refractivity contribution in [1.82, 2.24) is 10.3 Å². The molecule has 0 amide bonds. The molecule has 1 heterocycles. The summed E-state index contributed by atoms with van der Waals surface area (Å²) in [6, 6.07) is 0.452. The van der Waals surface area contributed by atoms with Crippen LogP contribution < -0.4 is 5.32 Å². The van der Waals surface area contributed by atoms with Gasteiger partial charge in [0.1, 0.15) is 9.34 Å². The van der Waals surface area contributed by atoms with Crippen LogP contribution in [0.1, 0.15) is 49.6 Å². The first-order valence-corrected chi connectivity index (χ1v) is 7.47. The molecule has 0 bridgehead atoms. The van der Waals surface area contributed by atoms with Gasteiger partial charge in [0, 0.05) is 6.04 Å². The highest BCUT2D eigenvalue weighted by atomic mass is 35.5. The molecule has 2 rings (SSSR count). The lowest BCUT2D eigenvalue weighted by atomic mass is 10.1. The molecule has 1 aromatic heterocycles. The van der Waals surface area contributed by atoms with Crippen LogP contribution in [0.25, 0.3) is 0 Å². The summed E-state index contributed by atoms with van der Waals surface area (Å²) in [5.41, 5.74) is 0. The van der Waals surface area contributed by atoms with Gasteiger partial charge in [0.2, 0.25) is 0 Å². The van der Waals surface area contributed by atoms with Crippen LogP contribution in [-0.2, 0) is 0 Å². The first-order valence-electron chi connectivity index (χ1n) is 6.27. The Kier molecular flexibility index (Phi) is 5.22. The molecule has 1 aliphatic carbocycles. The number of aliphatic hydroxyl groups is 1. The highest BCUT2D eigenvalue weighted by Gasteiger charge is 2.20. The van der Waals surface area contributed by atoms with Gasteiger partial charge >= 0.3 is 0 Å². The van der Waals surface area contributed by atoms with E-state index < -0.39 is 0 Å². The first-order chi connectivity index (χ1) is 8.29. The number of hydrogen-bond donors (Lipinski definition) is 2. The summed E-state index contributed by atoms with van der Waals surface area (Å²) in [7, 11) is 0. The molecule has 0 radical (unpaired) electrons. The summed E-state index contributed by atoms with van der Waals surface area (Å²) in [5, 5.41) is 13.9. The second kappa shape index (κ2) is 6.69. The summed E-state index contributed by atoms with van der Waals surface area (Å²) in [6.45, 7) is 0.0837. The second-order valence-corrected chi connectivity index (χ2v) is 6.29. The monoisotopic (exact) mass is 274 g/mol. The van der Waals surface area contributed by atoms with Crippen LogP contribution in [0.15, 0.2) is 6.20 Å². The SMILES string of the molecule is OCC(NC1CCCCCC1)c1ncc(Cl)s1. The Morgan fingerprint density at radius 2 is 2.12 bits per heavy atom. The van der Waals surface area contributed by atoms with E-state index in [0.29, 0.717) is 10.4 Å². The summed E-state index contributed by atoms with van der Waals surface area (Å²) in [4.78, 5) is 4.24. The van der Waals surface area contributed by atoms with Crippen LogP contribution in [0.2, 0.25) is 4.34 Å². The van der Waals surface area contributed by atoms with Crippen molar-refractivity contribution in [2.24, 2.45) is 0 Å². The summed E-state index contributed by atoms with van der Waals surface area (Å²) >= 11 is 7.32. The van der Waals surface area contributed by atoms with Crippen LogP contribution >= 0.6 is 22.9 Å². The van der Waals surface area contributed by atoms with Crippen LogP contribution in [-0.4, -0.2) is 22.7 Å². The quantitative estimate of drug-likeness (QED) is 0.829. The van der Waals surface area contributed by atoms with Crippen molar-refractivity contribution in [1.29, 1.82) is 0 Å². The molecule has 96 valence electrons. The maximum atomic E-state index is 9.45. The molecular weight excluding hydrogens is 256 g/mol. The van der Waals surface area contributed by atoms with E-state index >= 15 is 0 Å². The van der Waals surface area contributed by atoms with Crippen molar-refractivity contribution in [3.63, 3.8) is 0 Å². The van der Waals surface area contributed by atoms with E-state index in [2.05, 4.69) is 10.3 Å².